The lowest BCUT2D eigenvalue weighted by Crippen LogP contribution is -2.59. The first-order valence-electron chi connectivity index (χ1n) is 9.48. The third-order valence-electron chi connectivity index (χ3n) is 5.14. The molecule has 3 N–H and O–H groups in total. The van der Waals surface area contributed by atoms with E-state index in [-0.39, 0.29) is 30.5 Å². The van der Waals surface area contributed by atoms with Gasteiger partial charge >= 0.3 is 0 Å². The summed E-state index contributed by atoms with van der Waals surface area (Å²) in [6, 6.07) is 7.15. The highest BCUT2D eigenvalue weighted by molar-refractivity contribution is 6.39. The maximum absolute atomic E-state index is 12.8. The number of nitrogens with one attached hydrogen (secondary N) is 3. The molecule has 28 heavy (non-hydrogen) atoms. The van der Waals surface area contributed by atoms with E-state index in [1.54, 1.807) is 6.07 Å². The van der Waals surface area contributed by atoms with E-state index in [1.165, 1.54) is 0 Å². The summed E-state index contributed by atoms with van der Waals surface area (Å²) in [7, 11) is 0. The Labute approximate surface area is 162 Å². The molecule has 1 saturated heterocycles. The summed E-state index contributed by atoms with van der Waals surface area (Å²) in [5, 5.41) is 10.9. The van der Waals surface area contributed by atoms with Gasteiger partial charge in [0.2, 0.25) is 0 Å². The van der Waals surface area contributed by atoms with Crippen molar-refractivity contribution in [3.63, 3.8) is 0 Å². The fourth-order valence-electron chi connectivity index (χ4n) is 3.67. The minimum atomic E-state index is -0.851. The van der Waals surface area contributed by atoms with Crippen molar-refractivity contribution in [2.45, 2.75) is 44.4 Å². The average molecular weight is 384 g/mol. The monoisotopic (exact) mass is 384 g/mol. The van der Waals surface area contributed by atoms with Gasteiger partial charge in [-0.1, -0.05) is 5.16 Å². The van der Waals surface area contributed by atoms with E-state index >= 15 is 0 Å². The minimum absolute atomic E-state index is 0.00760. The van der Waals surface area contributed by atoms with Gasteiger partial charge in [-0.15, -0.1) is 0 Å². The van der Waals surface area contributed by atoms with Crippen molar-refractivity contribution in [2.75, 3.05) is 13.2 Å². The molecule has 8 heteroatoms. The van der Waals surface area contributed by atoms with Crippen molar-refractivity contribution in [1.29, 1.82) is 0 Å². The van der Waals surface area contributed by atoms with Crippen molar-refractivity contribution < 1.29 is 19.2 Å². The van der Waals surface area contributed by atoms with Crippen molar-refractivity contribution in [3.05, 3.63) is 36.0 Å². The molecule has 3 heterocycles. The van der Waals surface area contributed by atoms with Gasteiger partial charge < -0.3 is 25.2 Å². The number of aromatic amines is 1. The Kier molecular flexibility index (Phi) is 4.80. The lowest BCUT2D eigenvalue weighted by atomic mass is 9.85. The molecule has 0 saturated carbocycles. The molecule has 1 spiro atoms. The largest absolute Gasteiger partial charge is 0.384 e. The van der Waals surface area contributed by atoms with Gasteiger partial charge in [0.25, 0.3) is 11.8 Å². The van der Waals surface area contributed by atoms with Crippen LogP contribution in [0.3, 0.4) is 0 Å². The maximum Gasteiger partial charge on any atom is 0.269 e. The lowest BCUT2D eigenvalue weighted by molar-refractivity contribution is -0.128. The number of nitrogens with zero attached hydrogens (tertiary/aromatic N) is 1. The topological polar surface area (TPSA) is 105 Å². The Morgan fingerprint density at radius 3 is 2.96 bits per heavy atom. The van der Waals surface area contributed by atoms with Gasteiger partial charge in [-0.2, -0.15) is 0 Å². The molecule has 148 valence electrons. The molecule has 2 aliphatic heterocycles. The Balaban J connectivity index is 1.48. The zero-order valence-corrected chi connectivity index (χ0v) is 16.0. The van der Waals surface area contributed by atoms with Crippen LogP contribution in [0, 0.1) is 0 Å². The van der Waals surface area contributed by atoms with Gasteiger partial charge in [0, 0.05) is 41.7 Å². The number of hydrogen-bond acceptors (Lipinski definition) is 5. The number of H-pyrrole nitrogens is 1. The third-order valence-corrected chi connectivity index (χ3v) is 5.14. The Morgan fingerprint density at radius 2 is 2.14 bits per heavy atom. The fourth-order valence-corrected chi connectivity index (χ4v) is 3.67. The molecule has 4 rings (SSSR count). The Hall–Kier alpha value is -2.87. The second-order valence-electron chi connectivity index (χ2n) is 7.65. The van der Waals surface area contributed by atoms with Gasteiger partial charge in [-0.25, -0.2) is 0 Å². The summed E-state index contributed by atoms with van der Waals surface area (Å²) in [5.74, 6) is -0.432. The molecular weight excluding hydrogens is 360 g/mol. The number of oxime groups is 1. The second-order valence-corrected chi connectivity index (χ2v) is 7.65. The molecular formula is C20H24N4O4. The normalized spacial score (nSPS) is 24.2. The molecule has 0 unspecified atom stereocenters. The van der Waals surface area contributed by atoms with Gasteiger partial charge in [0.15, 0.2) is 5.60 Å². The molecule has 2 atom stereocenters. The number of rotatable bonds is 4. The zero-order valence-electron chi connectivity index (χ0n) is 16.0. The van der Waals surface area contributed by atoms with Crippen molar-refractivity contribution >= 4 is 28.4 Å². The number of carbonyl (C=O) groups is 2. The molecule has 2 amide bonds. The molecule has 1 fully saturated rings. The van der Waals surface area contributed by atoms with E-state index in [0.717, 1.165) is 10.9 Å². The first kappa shape index (κ1) is 18.5. The van der Waals surface area contributed by atoms with Gasteiger partial charge in [-0.3, -0.25) is 9.59 Å². The smallest absolute Gasteiger partial charge is 0.269 e. The minimum Gasteiger partial charge on any atom is -0.384 e. The lowest BCUT2D eigenvalue weighted by Gasteiger charge is -2.38. The molecule has 0 aliphatic carbocycles. The van der Waals surface area contributed by atoms with E-state index in [2.05, 4.69) is 20.8 Å². The van der Waals surface area contributed by atoms with Crippen LogP contribution in [0.1, 0.15) is 37.0 Å². The maximum atomic E-state index is 12.8. The third kappa shape index (κ3) is 3.47. The number of aromatic nitrogens is 1. The summed E-state index contributed by atoms with van der Waals surface area (Å²) in [4.78, 5) is 33.9. The van der Waals surface area contributed by atoms with E-state index in [0.29, 0.717) is 30.7 Å². The van der Waals surface area contributed by atoms with Crippen LogP contribution in [-0.4, -0.2) is 53.4 Å². The number of fused-ring (bicyclic) bond motifs is 1. The SMILES string of the molecule is CC(C)NC(=O)C1=NO[C@@]2(COCC[C@H]2NC(=O)c2ccc3[nH]ccc3c2)C1. The number of benzene rings is 1. The second kappa shape index (κ2) is 7.27. The number of carbonyl (C=O) groups excluding carboxylic acids is 2. The van der Waals surface area contributed by atoms with E-state index in [1.807, 2.05) is 38.2 Å². The highest BCUT2D eigenvalue weighted by Crippen LogP contribution is 2.33. The van der Waals surface area contributed by atoms with E-state index in [9.17, 15) is 9.59 Å². The van der Waals surface area contributed by atoms with Crippen LogP contribution in [0.15, 0.2) is 35.6 Å². The van der Waals surface area contributed by atoms with Gasteiger partial charge in [0.05, 0.1) is 12.6 Å². The molecule has 0 radical (unpaired) electrons. The molecule has 8 nitrogen and oxygen atoms in total. The van der Waals surface area contributed by atoms with Crippen LogP contribution in [0.4, 0.5) is 0 Å². The molecule has 1 aromatic carbocycles. The summed E-state index contributed by atoms with van der Waals surface area (Å²) in [6.07, 6.45) is 2.73. The first-order valence-corrected chi connectivity index (χ1v) is 9.48. The van der Waals surface area contributed by atoms with Crippen molar-refractivity contribution in [1.82, 2.24) is 15.6 Å². The summed E-state index contributed by atoms with van der Waals surface area (Å²) < 4.78 is 5.60. The standard InChI is InChI=1S/C20H24N4O4/c1-12(2)22-19(26)16-10-20(28-24-16)11-27-8-6-17(20)23-18(25)14-3-4-15-13(9-14)5-7-21-15/h3-5,7,9,12,17,21H,6,8,10-11H2,1-2H3,(H,22,26)(H,23,25)/t17-,20-/m1/s1. The number of ether oxygens (including phenoxy) is 1. The molecule has 2 aliphatic rings. The predicted octanol–water partition coefficient (Wildman–Crippen LogP) is 1.73. The quantitative estimate of drug-likeness (QED) is 0.746. The average Bonchev–Trinajstić information content (AvgIpc) is 3.30. The van der Waals surface area contributed by atoms with Crippen LogP contribution in [0.5, 0.6) is 0 Å². The van der Waals surface area contributed by atoms with Crippen LogP contribution >= 0.6 is 0 Å². The van der Waals surface area contributed by atoms with Crippen LogP contribution in [-0.2, 0) is 14.4 Å². The first-order chi connectivity index (χ1) is 13.5. The summed E-state index contributed by atoms with van der Waals surface area (Å²) >= 11 is 0. The van der Waals surface area contributed by atoms with Gasteiger partial charge in [0.1, 0.15) is 5.71 Å². The highest BCUT2D eigenvalue weighted by atomic mass is 16.7. The van der Waals surface area contributed by atoms with Gasteiger partial charge in [-0.05, 0) is 44.5 Å². The van der Waals surface area contributed by atoms with Crippen LogP contribution in [0.2, 0.25) is 0 Å². The van der Waals surface area contributed by atoms with E-state index in [4.69, 9.17) is 9.57 Å². The van der Waals surface area contributed by atoms with Crippen molar-refractivity contribution in [3.8, 4) is 0 Å². The zero-order chi connectivity index (χ0) is 19.7. The molecule has 1 aromatic heterocycles. The van der Waals surface area contributed by atoms with Crippen molar-refractivity contribution in [2.24, 2.45) is 5.16 Å². The van der Waals surface area contributed by atoms with Crippen LogP contribution in [0.25, 0.3) is 10.9 Å². The molecule has 2 aromatic rings. The Morgan fingerprint density at radius 1 is 1.29 bits per heavy atom. The summed E-state index contributed by atoms with van der Waals surface area (Å²) in [5.41, 5.74) is 1.03. The predicted molar refractivity (Wildman–Crippen MR) is 104 cm³/mol. The molecule has 0 bridgehead atoms. The summed E-state index contributed by atoms with van der Waals surface area (Å²) in [6.45, 7) is 4.56. The van der Waals surface area contributed by atoms with Crippen LogP contribution < -0.4 is 10.6 Å². The number of hydrogen-bond donors (Lipinski definition) is 3. The Bertz CT molecular complexity index is 935. The highest BCUT2D eigenvalue weighted by Gasteiger charge is 2.50. The number of amides is 2. The fraction of sp³-hybridized carbons (Fsp3) is 0.450. The van der Waals surface area contributed by atoms with E-state index < -0.39 is 5.60 Å².